The van der Waals surface area contributed by atoms with Gasteiger partial charge in [0.1, 0.15) is 0 Å². The zero-order valence-electron chi connectivity index (χ0n) is 12.3. The molecule has 1 N–H and O–H groups in total. The van der Waals surface area contributed by atoms with Crippen LogP contribution in [0, 0.1) is 0 Å². The van der Waals surface area contributed by atoms with Crippen LogP contribution in [0.4, 0.5) is 5.69 Å². The first-order valence-corrected chi connectivity index (χ1v) is 8.71. The molecule has 1 aliphatic rings. The summed E-state index contributed by atoms with van der Waals surface area (Å²) in [7, 11) is -3.11. The molecule has 5 heteroatoms. The summed E-state index contributed by atoms with van der Waals surface area (Å²) in [4.78, 5) is 0.387. The third-order valence-corrected chi connectivity index (χ3v) is 5.41. The van der Waals surface area contributed by atoms with Crippen molar-refractivity contribution in [3.05, 3.63) is 24.3 Å². The van der Waals surface area contributed by atoms with Crippen LogP contribution in [-0.2, 0) is 14.6 Å². The molecule has 0 aromatic heterocycles. The van der Waals surface area contributed by atoms with E-state index in [1.807, 2.05) is 12.1 Å². The second-order valence-electron chi connectivity index (χ2n) is 5.87. The fourth-order valence-electron chi connectivity index (χ4n) is 2.52. The summed E-state index contributed by atoms with van der Waals surface area (Å²) >= 11 is 0. The summed E-state index contributed by atoms with van der Waals surface area (Å²) in [6, 6.07) is 7.39. The Balaban J connectivity index is 2.04. The highest BCUT2D eigenvalue weighted by Crippen LogP contribution is 2.26. The standard InChI is InChI=1S/C15H23NO3S/c1-4-20(17,18)14-7-5-12(6-8-14)16-13-9-10-19-15(2,3)11-13/h5-8,13,16H,4,9-11H2,1-3H3. The molecule has 1 atom stereocenters. The maximum atomic E-state index is 11.8. The van der Waals surface area contributed by atoms with E-state index in [4.69, 9.17) is 4.74 Å². The summed E-state index contributed by atoms with van der Waals surface area (Å²) < 4.78 is 29.2. The predicted octanol–water partition coefficient (Wildman–Crippen LogP) is 2.85. The number of hydrogen-bond donors (Lipinski definition) is 1. The first-order chi connectivity index (χ1) is 9.32. The van der Waals surface area contributed by atoms with Crippen LogP contribution in [0.3, 0.4) is 0 Å². The molecule has 0 amide bonds. The van der Waals surface area contributed by atoms with Crippen LogP contribution in [0.5, 0.6) is 0 Å². The van der Waals surface area contributed by atoms with E-state index in [2.05, 4.69) is 19.2 Å². The van der Waals surface area contributed by atoms with Crippen molar-refractivity contribution in [2.24, 2.45) is 0 Å². The fraction of sp³-hybridized carbons (Fsp3) is 0.600. The number of rotatable bonds is 4. The van der Waals surface area contributed by atoms with Gasteiger partial charge in [0.25, 0.3) is 0 Å². The van der Waals surface area contributed by atoms with E-state index >= 15 is 0 Å². The van der Waals surface area contributed by atoms with Crippen molar-refractivity contribution in [3.63, 3.8) is 0 Å². The Hall–Kier alpha value is -1.07. The van der Waals surface area contributed by atoms with Crippen molar-refractivity contribution in [2.45, 2.75) is 50.2 Å². The number of benzene rings is 1. The number of hydrogen-bond acceptors (Lipinski definition) is 4. The Kier molecular flexibility index (Phi) is 4.39. The van der Waals surface area contributed by atoms with E-state index in [9.17, 15) is 8.42 Å². The Morgan fingerprint density at radius 3 is 2.50 bits per heavy atom. The molecule has 1 unspecified atom stereocenters. The Morgan fingerprint density at radius 2 is 1.95 bits per heavy atom. The van der Waals surface area contributed by atoms with Crippen LogP contribution in [-0.4, -0.2) is 32.4 Å². The molecule has 4 nitrogen and oxygen atoms in total. The lowest BCUT2D eigenvalue weighted by Gasteiger charge is -2.36. The SMILES string of the molecule is CCS(=O)(=O)c1ccc(NC2CCOC(C)(C)C2)cc1. The molecule has 0 saturated carbocycles. The minimum Gasteiger partial charge on any atom is -0.382 e. The van der Waals surface area contributed by atoms with Crippen molar-refractivity contribution in [2.75, 3.05) is 17.7 Å². The molecule has 1 fully saturated rings. The molecule has 1 aromatic carbocycles. The first-order valence-electron chi connectivity index (χ1n) is 7.06. The molecule has 20 heavy (non-hydrogen) atoms. The summed E-state index contributed by atoms with van der Waals surface area (Å²) in [6.45, 7) is 6.61. The van der Waals surface area contributed by atoms with Crippen LogP contribution in [0.1, 0.15) is 33.6 Å². The second kappa shape index (κ2) is 5.74. The molecule has 1 aliphatic heterocycles. The highest BCUT2D eigenvalue weighted by Gasteiger charge is 2.28. The quantitative estimate of drug-likeness (QED) is 0.928. The third kappa shape index (κ3) is 3.73. The third-order valence-electron chi connectivity index (χ3n) is 3.66. The lowest BCUT2D eigenvalue weighted by atomic mass is 9.94. The van der Waals surface area contributed by atoms with Crippen LogP contribution in [0.15, 0.2) is 29.2 Å². The average molecular weight is 297 g/mol. The maximum absolute atomic E-state index is 11.8. The highest BCUT2D eigenvalue weighted by molar-refractivity contribution is 7.91. The van der Waals surface area contributed by atoms with Crippen molar-refractivity contribution >= 4 is 15.5 Å². The number of sulfone groups is 1. The van der Waals surface area contributed by atoms with Gasteiger partial charge in [0.15, 0.2) is 9.84 Å². The van der Waals surface area contributed by atoms with Gasteiger partial charge in [0, 0.05) is 18.3 Å². The molecule has 0 bridgehead atoms. The Labute approximate surface area is 121 Å². The van der Waals surface area contributed by atoms with E-state index < -0.39 is 9.84 Å². The number of anilines is 1. The molecule has 1 heterocycles. The number of ether oxygens (including phenoxy) is 1. The highest BCUT2D eigenvalue weighted by atomic mass is 32.2. The van der Waals surface area contributed by atoms with Crippen molar-refractivity contribution in [1.82, 2.24) is 0 Å². The monoisotopic (exact) mass is 297 g/mol. The Morgan fingerprint density at radius 1 is 1.30 bits per heavy atom. The van der Waals surface area contributed by atoms with Gasteiger partial charge in [-0.2, -0.15) is 0 Å². The summed E-state index contributed by atoms with van der Waals surface area (Å²) in [6.07, 6.45) is 1.92. The van der Waals surface area contributed by atoms with Crippen molar-refractivity contribution in [1.29, 1.82) is 0 Å². The largest absolute Gasteiger partial charge is 0.382 e. The van der Waals surface area contributed by atoms with Gasteiger partial charge >= 0.3 is 0 Å². The normalized spacial score (nSPS) is 22.4. The van der Waals surface area contributed by atoms with Gasteiger partial charge in [-0.05, 0) is 51.0 Å². The van der Waals surface area contributed by atoms with Gasteiger partial charge in [0.2, 0.25) is 0 Å². The van der Waals surface area contributed by atoms with E-state index in [0.717, 1.165) is 25.1 Å². The molecule has 0 aliphatic carbocycles. The molecular formula is C15H23NO3S. The van der Waals surface area contributed by atoms with E-state index in [0.29, 0.717) is 10.9 Å². The molecule has 1 aromatic rings. The molecule has 0 spiro atoms. The van der Waals surface area contributed by atoms with E-state index in [1.165, 1.54) is 0 Å². The second-order valence-corrected chi connectivity index (χ2v) is 8.15. The molecule has 1 saturated heterocycles. The lowest BCUT2D eigenvalue weighted by Crippen LogP contribution is -2.40. The summed E-state index contributed by atoms with van der Waals surface area (Å²) in [5.41, 5.74) is 0.865. The van der Waals surface area contributed by atoms with Gasteiger partial charge < -0.3 is 10.1 Å². The zero-order valence-corrected chi connectivity index (χ0v) is 13.2. The minimum absolute atomic E-state index is 0.0958. The summed E-state index contributed by atoms with van der Waals surface area (Å²) in [5, 5.41) is 3.46. The van der Waals surface area contributed by atoms with Gasteiger partial charge in [-0.1, -0.05) is 6.92 Å². The topological polar surface area (TPSA) is 55.4 Å². The smallest absolute Gasteiger partial charge is 0.178 e. The van der Waals surface area contributed by atoms with Gasteiger partial charge in [-0.3, -0.25) is 0 Å². The summed E-state index contributed by atoms with van der Waals surface area (Å²) in [5.74, 6) is 0.133. The van der Waals surface area contributed by atoms with Crippen molar-refractivity contribution in [3.8, 4) is 0 Å². The molecule has 112 valence electrons. The molecule has 2 rings (SSSR count). The predicted molar refractivity (Wildman–Crippen MR) is 80.8 cm³/mol. The lowest BCUT2D eigenvalue weighted by molar-refractivity contribution is -0.0553. The molecule has 0 radical (unpaired) electrons. The van der Waals surface area contributed by atoms with Crippen LogP contribution in [0.2, 0.25) is 0 Å². The minimum atomic E-state index is -3.11. The fourth-order valence-corrected chi connectivity index (χ4v) is 3.40. The van der Waals surface area contributed by atoms with Crippen LogP contribution >= 0.6 is 0 Å². The zero-order chi connectivity index (χ0) is 14.8. The Bertz CT molecular complexity index is 549. The van der Waals surface area contributed by atoms with Crippen LogP contribution in [0.25, 0.3) is 0 Å². The molecular weight excluding hydrogens is 274 g/mol. The van der Waals surface area contributed by atoms with E-state index in [-0.39, 0.29) is 11.4 Å². The van der Waals surface area contributed by atoms with Gasteiger partial charge in [0.05, 0.1) is 16.2 Å². The van der Waals surface area contributed by atoms with Crippen molar-refractivity contribution < 1.29 is 13.2 Å². The van der Waals surface area contributed by atoms with Gasteiger partial charge in [-0.25, -0.2) is 8.42 Å². The van der Waals surface area contributed by atoms with Crippen LogP contribution < -0.4 is 5.32 Å². The first kappa shape index (κ1) is 15.3. The number of nitrogens with one attached hydrogen (secondary N) is 1. The van der Waals surface area contributed by atoms with E-state index in [1.54, 1.807) is 19.1 Å². The average Bonchev–Trinajstić information content (AvgIpc) is 2.38. The maximum Gasteiger partial charge on any atom is 0.178 e. The van der Waals surface area contributed by atoms with Gasteiger partial charge in [-0.15, -0.1) is 0 Å².